The zero-order valence-electron chi connectivity index (χ0n) is 19.7. The number of alkyl halides is 5. The standard InChI is InChI=1S/C25H19ClF6N2O4S/c26-20-8-2-15-13-34(39(36,37)17-5-3-16(4-6-17)38-24(28)29)10-9-18(15)23(20)33-22(35)12-14-1-7-19(21(27)11-14)25(30,31)32/h1-8,11,24H,9-10,12-13H2,(H,33,35). The van der Waals surface area contributed by atoms with Crippen molar-refractivity contribution in [2.75, 3.05) is 11.9 Å². The van der Waals surface area contributed by atoms with E-state index in [-0.39, 0.29) is 46.4 Å². The zero-order chi connectivity index (χ0) is 28.5. The van der Waals surface area contributed by atoms with Crippen molar-refractivity contribution in [3.8, 4) is 5.75 Å². The van der Waals surface area contributed by atoms with Gasteiger partial charge in [-0.1, -0.05) is 23.7 Å². The smallest absolute Gasteiger partial charge is 0.419 e. The molecule has 1 amide bonds. The molecule has 0 bridgehead atoms. The van der Waals surface area contributed by atoms with Crippen molar-refractivity contribution < 1.29 is 44.3 Å². The third kappa shape index (κ3) is 6.48. The number of ether oxygens (including phenoxy) is 1. The number of nitrogens with zero attached hydrogens (tertiary/aromatic N) is 1. The molecule has 208 valence electrons. The second-order valence-corrected chi connectivity index (χ2v) is 10.9. The van der Waals surface area contributed by atoms with Crippen LogP contribution in [0.25, 0.3) is 0 Å². The SMILES string of the molecule is O=C(Cc1ccc(C(F)(F)F)c(F)c1)Nc1c(Cl)ccc2c1CCN(S(=O)(=O)c1ccc(OC(F)F)cc1)C2. The van der Waals surface area contributed by atoms with Crippen molar-refractivity contribution in [2.24, 2.45) is 0 Å². The van der Waals surface area contributed by atoms with Gasteiger partial charge in [0, 0.05) is 13.1 Å². The Balaban J connectivity index is 1.50. The van der Waals surface area contributed by atoms with E-state index in [2.05, 4.69) is 10.1 Å². The Morgan fingerprint density at radius 2 is 1.77 bits per heavy atom. The van der Waals surface area contributed by atoms with Crippen LogP contribution in [0.1, 0.15) is 22.3 Å². The Bertz CT molecular complexity index is 1500. The minimum absolute atomic E-state index is 0.0119. The molecule has 14 heteroatoms. The summed E-state index contributed by atoms with van der Waals surface area (Å²) in [5.74, 6) is -2.35. The molecule has 0 spiro atoms. The van der Waals surface area contributed by atoms with E-state index in [0.29, 0.717) is 23.3 Å². The summed E-state index contributed by atoms with van der Waals surface area (Å²) in [6, 6.07) is 9.80. The van der Waals surface area contributed by atoms with E-state index in [9.17, 15) is 39.6 Å². The highest BCUT2D eigenvalue weighted by atomic mass is 35.5. The maximum atomic E-state index is 13.9. The summed E-state index contributed by atoms with van der Waals surface area (Å²) in [5.41, 5.74) is -0.0913. The van der Waals surface area contributed by atoms with Crippen molar-refractivity contribution >= 4 is 33.2 Å². The molecular weight excluding hydrogens is 574 g/mol. The molecule has 3 aromatic rings. The van der Waals surface area contributed by atoms with Gasteiger partial charge in [-0.2, -0.15) is 26.3 Å². The molecule has 4 rings (SSSR count). The third-order valence-corrected chi connectivity index (χ3v) is 8.15. The number of nitrogens with one attached hydrogen (secondary N) is 1. The topological polar surface area (TPSA) is 75.7 Å². The van der Waals surface area contributed by atoms with Crippen LogP contribution < -0.4 is 10.1 Å². The van der Waals surface area contributed by atoms with Gasteiger partial charge in [-0.3, -0.25) is 4.79 Å². The lowest BCUT2D eigenvalue weighted by atomic mass is 9.98. The van der Waals surface area contributed by atoms with Crippen LogP contribution in [0, 0.1) is 5.82 Å². The number of amides is 1. The summed E-state index contributed by atoms with van der Waals surface area (Å²) >= 11 is 6.28. The van der Waals surface area contributed by atoms with Gasteiger partial charge < -0.3 is 10.1 Å². The van der Waals surface area contributed by atoms with Crippen LogP contribution in [0.15, 0.2) is 59.5 Å². The number of benzene rings is 3. The van der Waals surface area contributed by atoms with Gasteiger partial charge in [-0.25, -0.2) is 12.8 Å². The Kier molecular flexibility index (Phi) is 8.14. The first-order valence-corrected chi connectivity index (χ1v) is 13.1. The van der Waals surface area contributed by atoms with Crippen LogP contribution in [-0.2, 0) is 40.4 Å². The molecule has 1 aliphatic heterocycles. The first-order chi connectivity index (χ1) is 18.3. The molecule has 1 N–H and O–H groups in total. The van der Waals surface area contributed by atoms with Crippen molar-refractivity contribution in [3.05, 3.63) is 87.7 Å². The average Bonchev–Trinajstić information content (AvgIpc) is 2.84. The summed E-state index contributed by atoms with van der Waals surface area (Å²) in [6.07, 6.45) is -5.14. The van der Waals surface area contributed by atoms with E-state index in [1.54, 1.807) is 6.07 Å². The summed E-state index contributed by atoms with van der Waals surface area (Å²) in [5, 5.41) is 2.76. The molecule has 0 radical (unpaired) electrons. The normalized spacial score (nSPS) is 14.3. The number of anilines is 1. The van der Waals surface area contributed by atoms with Gasteiger partial charge in [0.05, 0.1) is 27.6 Å². The second-order valence-electron chi connectivity index (χ2n) is 8.54. The number of rotatable bonds is 7. The fraction of sp³-hybridized carbons (Fsp3) is 0.240. The van der Waals surface area contributed by atoms with Crippen LogP contribution in [-0.4, -0.2) is 31.8 Å². The molecule has 0 atom stereocenters. The predicted octanol–water partition coefficient (Wildman–Crippen LogP) is 6.03. The highest BCUT2D eigenvalue weighted by Gasteiger charge is 2.34. The summed E-state index contributed by atoms with van der Waals surface area (Å²) in [6.45, 7) is -3.11. The van der Waals surface area contributed by atoms with Gasteiger partial charge in [0.2, 0.25) is 15.9 Å². The number of hydrogen-bond donors (Lipinski definition) is 1. The molecule has 0 saturated heterocycles. The maximum Gasteiger partial charge on any atom is 0.419 e. The number of carbonyl (C=O) groups excluding carboxylic acids is 1. The molecule has 0 saturated carbocycles. The van der Waals surface area contributed by atoms with Crippen molar-refractivity contribution in [1.82, 2.24) is 4.31 Å². The average molecular weight is 593 g/mol. The van der Waals surface area contributed by atoms with E-state index in [4.69, 9.17) is 11.6 Å². The molecule has 6 nitrogen and oxygen atoms in total. The lowest BCUT2D eigenvalue weighted by molar-refractivity contribution is -0.140. The molecule has 3 aromatic carbocycles. The number of sulfonamides is 1. The molecular formula is C25H19ClF6N2O4S. The third-order valence-electron chi connectivity index (χ3n) is 5.97. The lowest BCUT2D eigenvalue weighted by Crippen LogP contribution is -2.36. The van der Waals surface area contributed by atoms with Crippen LogP contribution in [0.5, 0.6) is 5.75 Å². The number of carbonyl (C=O) groups is 1. The van der Waals surface area contributed by atoms with Crippen LogP contribution >= 0.6 is 11.6 Å². The number of halogens is 7. The molecule has 0 unspecified atom stereocenters. The molecule has 0 fully saturated rings. The van der Waals surface area contributed by atoms with E-state index < -0.39 is 46.5 Å². The number of hydrogen-bond acceptors (Lipinski definition) is 4. The first kappa shape index (κ1) is 28.7. The molecule has 1 aliphatic rings. The van der Waals surface area contributed by atoms with Crippen molar-refractivity contribution in [3.63, 3.8) is 0 Å². The highest BCUT2D eigenvalue weighted by molar-refractivity contribution is 7.89. The largest absolute Gasteiger partial charge is 0.435 e. The van der Waals surface area contributed by atoms with Gasteiger partial charge in [-0.15, -0.1) is 0 Å². The number of fused-ring (bicyclic) bond motifs is 1. The van der Waals surface area contributed by atoms with Gasteiger partial charge in [-0.05, 0) is 65.6 Å². The Morgan fingerprint density at radius 1 is 1.08 bits per heavy atom. The van der Waals surface area contributed by atoms with Crippen LogP contribution in [0.2, 0.25) is 5.02 Å². The lowest BCUT2D eigenvalue weighted by Gasteiger charge is -2.30. The van der Waals surface area contributed by atoms with Gasteiger partial charge in [0.1, 0.15) is 11.6 Å². The van der Waals surface area contributed by atoms with Crippen LogP contribution in [0.4, 0.5) is 32.0 Å². The van der Waals surface area contributed by atoms with Crippen molar-refractivity contribution in [1.29, 1.82) is 0 Å². The maximum absolute atomic E-state index is 13.9. The first-order valence-electron chi connectivity index (χ1n) is 11.3. The minimum Gasteiger partial charge on any atom is -0.435 e. The monoisotopic (exact) mass is 592 g/mol. The van der Waals surface area contributed by atoms with E-state index in [0.717, 1.165) is 30.3 Å². The van der Waals surface area contributed by atoms with E-state index in [1.165, 1.54) is 10.4 Å². The van der Waals surface area contributed by atoms with Crippen molar-refractivity contribution in [2.45, 2.75) is 37.1 Å². The van der Waals surface area contributed by atoms with Crippen LogP contribution in [0.3, 0.4) is 0 Å². The van der Waals surface area contributed by atoms with Gasteiger partial charge >= 0.3 is 12.8 Å². The quantitative estimate of drug-likeness (QED) is 0.340. The predicted molar refractivity (Wildman–Crippen MR) is 130 cm³/mol. The molecule has 1 heterocycles. The minimum atomic E-state index is -4.87. The second kappa shape index (κ2) is 11.1. The molecule has 39 heavy (non-hydrogen) atoms. The van der Waals surface area contributed by atoms with Gasteiger partial charge in [0.25, 0.3) is 0 Å². The Morgan fingerprint density at radius 3 is 2.38 bits per heavy atom. The van der Waals surface area contributed by atoms with E-state index >= 15 is 0 Å². The summed E-state index contributed by atoms with van der Waals surface area (Å²) < 4.78 is 109. The summed E-state index contributed by atoms with van der Waals surface area (Å²) in [4.78, 5) is 12.5. The Hall–Kier alpha value is -3.29. The Labute approximate surface area is 224 Å². The molecule has 0 aliphatic carbocycles. The zero-order valence-corrected chi connectivity index (χ0v) is 21.3. The van der Waals surface area contributed by atoms with E-state index in [1.807, 2.05) is 0 Å². The highest BCUT2D eigenvalue weighted by Crippen LogP contribution is 2.35. The fourth-order valence-corrected chi connectivity index (χ4v) is 5.79. The summed E-state index contributed by atoms with van der Waals surface area (Å²) in [7, 11) is -4.00. The fourth-order valence-electron chi connectivity index (χ4n) is 4.15. The van der Waals surface area contributed by atoms with Gasteiger partial charge in [0.15, 0.2) is 0 Å². The molecule has 0 aromatic heterocycles.